The van der Waals surface area contributed by atoms with Crippen molar-refractivity contribution in [3.8, 4) is 17.3 Å². The van der Waals surface area contributed by atoms with E-state index >= 15 is 0 Å². The average Bonchev–Trinajstić information content (AvgIpc) is 2.55. The number of rotatable bonds is 3. The van der Waals surface area contributed by atoms with Crippen LogP contribution in [0.5, 0.6) is 0 Å². The Morgan fingerprint density at radius 2 is 1.91 bits per heavy atom. The number of aromatic nitrogens is 2. The molecule has 5 heteroatoms. The number of hydrogen-bond donors (Lipinski definition) is 1. The smallest absolute Gasteiger partial charge is 0.227 e. The zero-order chi connectivity index (χ0) is 15.4. The van der Waals surface area contributed by atoms with E-state index in [2.05, 4.69) is 21.4 Å². The van der Waals surface area contributed by atoms with Crippen LogP contribution in [0.25, 0.3) is 11.3 Å². The molecule has 1 aromatic heterocycles. The van der Waals surface area contributed by atoms with Crippen LogP contribution in [0.1, 0.15) is 5.56 Å². The van der Waals surface area contributed by atoms with Crippen LogP contribution >= 0.6 is 11.6 Å². The third-order valence-electron chi connectivity index (χ3n) is 3.02. The lowest BCUT2D eigenvalue weighted by Gasteiger charge is -2.07. The monoisotopic (exact) mass is 306 g/mol. The maximum Gasteiger partial charge on any atom is 0.227 e. The van der Waals surface area contributed by atoms with Gasteiger partial charge in [-0.25, -0.2) is 9.97 Å². The molecule has 0 unspecified atom stereocenters. The lowest BCUT2D eigenvalue weighted by atomic mass is 10.1. The second kappa shape index (κ2) is 6.25. The Hall–Kier alpha value is -2.90. The Kier molecular flexibility index (Phi) is 3.99. The maximum absolute atomic E-state index is 8.98. The van der Waals surface area contributed by atoms with E-state index in [4.69, 9.17) is 16.9 Å². The molecule has 0 radical (unpaired) electrons. The first-order valence-electron chi connectivity index (χ1n) is 6.61. The SMILES string of the molecule is N#Cc1cccc(-c2ccnc(Nc3cccc(Cl)c3)n2)c1. The van der Waals surface area contributed by atoms with Crippen molar-refractivity contribution < 1.29 is 0 Å². The van der Waals surface area contributed by atoms with Crippen LogP contribution in [0.3, 0.4) is 0 Å². The molecule has 0 atom stereocenters. The van der Waals surface area contributed by atoms with Crippen LogP contribution < -0.4 is 5.32 Å². The predicted octanol–water partition coefficient (Wildman–Crippen LogP) is 4.41. The fourth-order valence-corrected chi connectivity index (χ4v) is 2.21. The van der Waals surface area contributed by atoms with Crippen molar-refractivity contribution in [2.75, 3.05) is 5.32 Å². The van der Waals surface area contributed by atoms with E-state index in [0.29, 0.717) is 16.5 Å². The number of halogens is 1. The summed E-state index contributed by atoms with van der Waals surface area (Å²) in [7, 11) is 0. The highest BCUT2D eigenvalue weighted by Crippen LogP contribution is 2.21. The highest BCUT2D eigenvalue weighted by Gasteiger charge is 2.04. The van der Waals surface area contributed by atoms with Crippen LogP contribution in [0.4, 0.5) is 11.6 Å². The first kappa shape index (κ1) is 14.1. The van der Waals surface area contributed by atoms with Crippen molar-refractivity contribution in [3.05, 3.63) is 71.4 Å². The molecule has 0 bridgehead atoms. The van der Waals surface area contributed by atoms with Gasteiger partial charge in [0.25, 0.3) is 0 Å². The second-order valence-corrected chi connectivity index (χ2v) is 5.03. The van der Waals surface area contributed by atoms with Crippen LogP contribution in [-0.2, 0) is 0 Å². The lowest BCUT2D eigenvalue weighted by molar-refractivity contribution is 1.17. The number of benzene rings is 2. The number of nitrogens with one attached hydrogen (secondary N) is 1. The van der Waals surface area contributed by atoms with Crippen LogP contribution in [0, 0.1) is 11.3 Å². The molecule has 1 heterocycles. The Labute approximate surface area is 133 Å². The summed E-state index contributed by atoms with van der Waals surface area (Å²) in [4.78, 5) is 8.67. The first-order chi connectivity index (χ1) is 10.7. The summed E-state index contributed by atoms with van der Waals surface area (Å²) in [6.45, 7) is 0. The highest BCUT2D eigenvalue weighted by molar-refractivity contribution is 6.30. The van der Waals surface area contributed by atoms with Gasteiger partial charge < -0.3 is 5.32 Å². The van der Waals surface area contributed by atoms with E-state index in [-0.39, 0.29) is 0 Å². The molecular formula is C17H11ClN4. The standard InChI is InChI=1S/C17H11ClN4/c18-14-5-2-6-15(10-14)21-17-20-8-7-16(22-17)13-4-1-3-12(9-13)11-19/h1-10H,(H,20,21,22). The fourth-order valence-electron chi connectivity index (χ4n) is 2.02. The van der Waals surface area contributed by atoms with Gasteiger partial charge in [0.2, 0.25) is 5.95 Å². The summed E-state index contributed by atoms with van der Waals surface area (Å²) in [5.74, 6) is 0.474. The van der Waals surface area contributed by atoms with Crippen molar-refractivity contribution in [2.24, 2.45) is 0 Å². The summed E-state index contributed by atoms with van der Waals surface area (Å²) in [6, 6.07) is 18.6. The molecular weight excluding hydrogens is 296 g/mol. The predicted molar refractivity (Wildman–Crippen MR) is 86.9 cm³/mol. The van der Waals surface area contributed by atoms with Gasteiger partial charge in [-0.05, 0) is 36.4 Å². The normalized spacial score (nSPS) is 10.0. The van der Waals surface area contributed by atoms with Crippen molar-refractivity contribution in [1.82, 2.24) is 9.97 Å². The van der Waals surface area contributed by atoms with Gasteiger partial charge in [-0.3, -0.25) is 0 Å². The summed E-state index contributed by atoms with van der Waals surface area (Å²) in [6.07, 6.45) is 1.67. The van der Waals surface area contributed by atoms with Crippen LogP contribution in [-0.4, -0.2) is 9.97 Å². The van der Waals surface area contributed by atoms with Crippen LogP contribution in [0.2, 0.25) is 5.02 Å². The number of anilines is 2. The Morgan fingerprint density at radius 1 is 1.05 bits per heavy atom. The average molecular weight is 307 g/mol. The van der Waals surface area contributed by atoms with E-state index in [1.54, 1.807) is 36.5 Å². The van der Waals surface area contributed by atoms with Crippen LogP contribution in [0.15, 0.2) is 60.8 Å². The van der Waals surface area contributed by atoms with E-state index in [1.807, 2.05) is 24.3 Å². The molecule has 2 aromatic carbocycles. The van der Waals surface area contributed by atoms with Gasteiger partial charge in [0, 0.05) is 22.5 Å². The van der Waals surface area contributed by atoms with Gasteiger partial charge >= 0.3 is 0 Å². The Morgan fingerprint density at radius 3 is 2.73 bits per heavy atom. The minimum Gasteiger partial charge on any atom is -0.324 e. The maximum atomic E-state index is 8.98. The van der Waals surface area contributed by atoms with Crippen molar-refractivity contribution in [3.63, 3.8) is 0 Å². The third-order valence-corrected chi connectivity index (χ3v) is 3.26. The van der Waals surface area contributed by atoms with Gasteiger partial charge in [0.1, 0.15) is 0 Å². The molecule has 0 saturated carbocycles. The topological polar surface area (TPSA) is 61.6 Å². The summed E-state index contributed by atoms with van der Waals surface area (Å²) >= 11 is 5.96. The van der Waals surface area contributed by atoms with Gasteiger partial charge in [-0.2, -0.15) is 5.26 Å². The summed E-state index contributed by atoms with van der Waals surface area (Å²) in [5.41, 5.74) is 3.03. The van der Waals surface area contributed by atoms with E-state index < -0.39 is 0 Å². The van der Waals surface area contributed by atoms with Gasteiger partial charge in [0.15, 0.2) is 0 Å². The molecule has 3 aromatic rings. The third kappa shape index (κ3) is 3.22. The highest BCUT2D eigenvalue weighted by atomic mass is 35.5. The Balaban J connectivity index is 1.91. The van der Waals surface area contributed by atoms with Crippen molar-refractivity contribution in [2.45, 2.75) is 0 Å². The summed E-state index contributed by atoms with van der Waals surface area (Å²) in [5, 5.41) is 12.7. The van der Waals surface area contributed by atoms with Gasteiger partial charge in [-0.1, -0.05) is 29.8 Å². The quantitative estimate of drug-likeness (QED) is 0.778. The van der Waals surface area contributed by atoms with Gasteiger partial charge in [0.05, 0.1) is 17.3 Å². The van der Waals surface area contributed by atoms with Crippen molar-refractivity contribution in [1.29, 1.82) is 5.26 Å². The molecule has 106 valence electrons. The summed E-state index contributed by atoms with van der Waals surface area (Å²) < 4.78 is 0. The molecule has 1 N–H and O–H groups in total. The molecule has 22 heavy (non-hydrogen) atoms. The molecule has 0 aliphatic rings. The minimum atomic E-state index is 0.474. The van der Waals surface area contributed by atoms with Crippen molar-refractivity contribution >= 4 is 23.2 Å². The number of nitriles is 1. The molecule has 3 rings (SSSR count). The molecule has 4 nitrogen and oxygen atoms in total. The van der Waals surface area contributed by atoms with E-state index in [1.165, 1.54) is 0 Å². The fraction of sp³-hybridized carbons (Fsp3) is 0. The molecule has 0 amide bonds. The molecule has 0 aliphatic heterocycles. The molecule has 0 saturated heterocycles. The Bertz CT molecular complexity index is 855. The largest absolute Gasteiger partial charge is 0.324 e. The number of hydrogen-bond acceptors (Lipinski definition) is 4. The molecule has 0 spiro atoms. The van der Waals surface area contributed by atoms with E-state index in [9.17, 15) is 0 Å². The molecule has 0 aliphatic carbocycles. The second-order valence-electron chi connectivity index (χ2n) is 4.59. The van der Waals surface area contributed by atoms with E-state index in [0.717, 1.165) is 16.9 Å². The van der Waals surface area contributed by atoms with Gasteiger partial charge in [-0.15, -0.1) is 0 Å². The first-order valence-corrected chi connectivity index (χ1v) is 6.98. The zero-order valence-corrected chi connectivity index (χ0v) is 12.2. The number of nitrogens with zero attached hydrogens (tertiary/aromatic N) is 3. The molecule has 0 fully saturated rings. The zero-order valence-electron chi connectivity index (χ0n) is 11.5. The lowest BCUT2D eigenvalue weighted by Crippen LogP contribution is -1.97. The minimum absolute atomic E-state index is 0.474.